The molecular formula is C8H12N4O. The van der Waals surface area contributed by atoms with Crippen molar-refractivity contribution in [2.45, 2.75) is 6.54 Å². The molecule has 1 aliphatic heterocycles. The standard InChI is InChI=1S/C8H12N4O/c1-11-6-12(4-8(11)13)3-7-2-9-5-10-7/h2,5H,3-4,6H2,1H3,(H,9,10). The number of rotatable bonds is 2. The Morgan fingerprint density at radius 1 is 1.69 bits per heavy atom. The normalized spacial score (nSPS) is 18.5. The van der Waals surface area contributed by atoms with Gasteiger partial charge in [-0.1, -0.05) is 0 Å². The first-order chi connectivity index (χ1) is 6.25. The Balaban J connectivity index is 1.94. The minimum absolute atomic E-state index is 0.180. The summed E-state index contributed by atoms with van der Waals surface area (Å²) in [6, 6.07) is 0. The smallest absolute Gasteiger partial charge is 0.237 e. The van der Waals surface area contributed by atoms with Crippen LogP contribution in [-0.4, -0.2) is 45.9 Å². The zero-order chi connectivity index (χ0) is 9.26. The Labute approximate surface area is 76.4 Å². The molecule has 13 heavy (non-hydrogen) atoms. The number of hydrogen-bond donors (Lipinski definition) is 1. The molecule has 1 saturated heterocycles. The molecule has 1 aromatic rings. The molecule has 5 nitrogen and oxygen atoms in total. The van der Waals surface area contributed by atoms with E-state index in [0.717, 1.165) is 12.2 Å². The third-order valence-electron chi connectivity index (χ3n) is 2.15. The highest BCUT2D eigenvalue weighted by Crippen LogP contribution is 2.07. The van der Waals surface area contributed by atoms with E-state index in [9.17, 15) is 4.79 Å². The monoisotopic (exact) mass is 180 g/mol. The zero-order valence-corrected chi connectivity index (χ0v) is 7.53. The molecule has 0 radical (unpaired) electrons. The van der Waals surface area contributed by atoms with Crippen LogP contribution in [0.2, 0.25) is 0 Å². The van der Waals surface area contributed by atoms with Gasteiger partial charge in [-0.05, 0) is 0 Å². The van der Waals surface area contributed by atoms with Crippen LogP contribution in [0.1, 0.15) is 5.69 Å². The maximum absolute atomic E-state index is 11.2. The SMILES string of the molecule is CN1CN(Cc2cnc[nH]2)CC1=O. The number of likely N-dealkylation sites (N-methyl/N-ethyl adjacent to an activating group) is 1. The fourth-order valence-corrected chi connectivity index (χ4v) is 1.46. The molecule has 0 aliphatic carbocycles. The van der Waals surface area contributed by atoms with Crippen LogP contribution in [0.3, 0.4) is 0 Å². The van der Waals surface area contributed by atoms with Gasteiger partial charge in [0.2, 0.25) is 5.91 Å². The van der Waals surface area contributed by atoms with E-state index in [-0.39, 0.29) is 5.91 Å². The van der Waals surface area contributed by atoms with Crippen LogP contribution < -0.4 is 0 Å². The molecule has 5 heteroatoms. The number of imidazole rings is 1. The molecule has 70 valence electrons. The van der Waals surface area contributed by atoms with Crippen molar-refractivity contribution in [3.8, 4) is 0 Å². The van der Waals surface area contributed by atoms with Crippen LogP contribution in [0, 0.1) is 0 Å². The van der Waals surface area contributed by atoms with Gasteiger partial charge in [0.25, 0.3) is 0 Å². The molecule has 1 aliphatic rings. The van der Waals surface area contributed by atoms with Gasteiger partial charge in [-0.15, -0.1) is 0 Å². The third kappa shape index (κ3) is 1.70. The first-order valence-electron chi connectivity index (χ1n) is 4.19. The van der Waals surface area contributed by atoms with Crippen molar-refractivity contribution in [2.24, 2.45) is 0 Å². The summed E-state index contributed by atoms with van der Waals surface area (Å²) in [5.74, 6) is 0.180. The van der Waals surface area contributed by atoms with Gasteiger partial charge in [0, 0.05) is 25.5 Å². The zero-order valence-electron chi connectivity index (χ0n) is 7.53. The fraction of sp³-hybridized carbons (Fsp3) is 0.500. The van der Waals surface area contributed by atoms with Gasteiger partial charge in [0.15, 0.2) is 0 Å². The first kappa shape index (κ1) is 8.25. The number of nitrogens with one attached hydrogen (secondary N) is 1. The second-order valence-electron chi connectivity index (χ2n) is 3.30. The lowest BCUT2D eigenvalue weighted by Crippen LogP contribution is -2.22. The highest BCUT2D eigenvalue weighted by molar-refractivity contribution is 5.79. The minimum Gasteiger partial charge on any atom is -0.347 e. The highest BCUT2D eigenvalue weighted by atomic mass is 16.2. The highest BCUT2D eigenvalue weighted by Gasteiger charge is 2.23. The number of aromatic amines is 1. The number of H-pyrrole nitrogens is 1. The summed E-state index contributed by atoms with van der Waals surface area (Å²) in [7, 11) is 1.81. The van der Waals surface area contributed by atoms with Gasteiger partial charge in [-0.25, -0.2) is 4.98 Å². The van der Waals surface area contributed by atoms with Crippen LogP contribution >= 0.6 is 0 Å². The van der Waals surface area contributed by atoms with Crippen molar-refractivity contribution in [3.05, 3.63) is 18.2 Å². The maximum Gasteiger partial charge on any atom is 0.237 e. The van der Waals surface area contributed by atoms with Gasteiger partial charge in [0.05, 0.1) is 19.5 Å². The first-order valence-corrected chi connectivity index (χ1v) is 4.19. The molecular weight excluding hydrogens is 168 g/mol. The van der Waals surface area contributed by atoms with Crippen molar-refractivity contribution < 1.29 is 4.79 Å². The van der Waals surface area contributed by atoms with E-state index in [1.54, 1.807) is 17.4 Å². The van der Waals surface area contributed by atoms with Crippen molar-refractivity contribution in [1.29, 1.82) is 0 Å². The number of nitrogens with zero attached hydrogens (tertiary/aromatic N) is 3. The summed E-state index contributed by atoms with van der Waals surface area (Å²) in [4.78, 5) is 21.9. The van der Waals surface area contributed by atoms with Gasteiger partial charge in [0.1, 0.15) is 0 Å². The Hall–Kier alpha value is -1.36. The van der Waals surface area contributed by atoms with Gasteiger partial charge < -0.3 is 9.88 Å². The van der Waals surface area contributed by atoms with Crippen molar-refractivity contribution >= 4 is 5.91 Å². The van der Waals surface area contributed by atoms with Crippen LogP contribution in [-0.2, 0) is 11.3 Å². The number of aromatic nitrogens is 2. The Kier molecular flexibility index (Phi) is 2.02. The molecule has 0 aromatic carbocycles. The predicted octanol–water partition coefficient (Wildman–Crippen LogP) is -0.359. The molecule has 0 unspecified atom stereocenters. The topological polar surface area (TPSA) is 52.2 Å². The molecule has 2 rings (SSSR count). The fourth-order valence-electron chi connectivity index (χ4n) is 1.46. The van der Waals surface area contributed by atoms with Crippen LogP contribution in [0.4, 0.5) is 0 Å². The second-order valence-corrected chi connectivity index (χ2v) is 3.30. The third-order valence-corrected chi connectivity index (χ3v) is 2.15. The summed E-state index contributed by atoms with van der Waals surface area (Å²) in [5.41, 5.74) is 1.04. The summed E-state index contributed by atoms with van der Waals surface area (Å²) in [6.07, 6.45) is 3.43. The predicted molar refractivity (Wildman–Crippen MR) is 46.6 cm³/mol. The largest absolute Gasteiger partial charge is 0.347 e. The molecule has 1 amide bonds. The number of carbonyl (C=O) groups is 1. The molecule has 1 fully saturated rings. The van der Waals surface area contributed by atoms with E-state index in [1.807, 2.05) is 7.05 Å². The molecule has 2 heterocycles. The second kappa shape index (κ2) is 3.18. The summed E-state index contributed by atoms with van der Waals surface area (Å²) < 4.78 is 0. The van der Waals surface area contributed by atoms with E-state index in [4.69, 9.17) is 0 Å². The lowest BCUT2D eigenvalue weighted by atomic mass is 10.4. The average Bonchev–Trinajstić information content (AvgIpc) is 2.64. The summed E-state index contributed by atoms with van der Waals surface area (Å²) in [5, 5.41) is 0. The van der Waals surface area contributed by atoms with Crippen LogP contribution in [0.25, 0.3) is 0 Å². The van der Waals surface area contributed by atoms with E-state index in [0.29, 0.717) is 13.2 Å². The summed E-state index contributed by atoms with van der Waals surface area (Å²) in [6.45, 7) is 1.98. The van der Waals surface area contributed by atoms with Gasteiger partial charge in [-0.3, -0.25) is 9.69 Å². The molecule has 0 saturated carbocycles. The Morgan fingerprint density at radius 2 is 2.54 bits per heavy atom. The average molecular weight is 180 g/mol. The molecule has 1 aromatic heterocycles. The Bertz CT molecular complexity index is 295. The Morgan fingerprint density at radius 3 is 3.08 bits per heavy atom. The van der Waals surface area contributed by atoms with Crippen molar-refractivity contribution in [3.63, 3.8) is 0 Å². The van der Waals surface area contributed by atoms with E-state index >= 15 is 0 Å². The maximum atomic E-state index is 11.2. The van der Waals surface area contributed by atoms with Crippen molar-refractivity contribution in [1.82, 2.24) is 19.8 Å². The summed E-state index contributed by atoms with van der Waals surface area (Å²) >= 11 is 0. The molecule has 0 bridgehead atoms. The number of carbonyl (C=O) groups excluding carboxylic acids is 1. The minimum atomic E-state index is 0.180. The van der Waals surface area contributed by atoms with Crippen LogP contribution in [0.15, 0.2) is 12.5 Å². The van der Waals surface area contributed by atoms with Crippen molar-refractivity contribution in [2.75, 3.05) is 20.3 Å². The lowest BCUT2D eigenvalue weighted by molar-refractivity contribution is -0.125. The van der Waals surface area contributed by atoms with Crippen LogP contribution in [0.5, 0.6) is 0 Å². The number of amides is 1. The van der Waals surface area contributed by atoms with Gasteiger partial charge >= 0.3 is 0 Å². The van der Waals surface area contributed by atoms with E-state index in [2.05, 4.69) is 14.9 Å². The lowest BCUT2D eigenvalue weighted by Gasteiger charge is -2.12. The quantitative estimate of drug-likeness (QED) is 0.676. The van der Waals surface area contributed by atoms with Gasteiger partial charge in [-0.2, -0.15) is 0 Å². The van der Waals surface area contributed by atoms with E-state index in [1.165, 1.54) is 0 Å². The molecule has 0 atom stereocenters. The number of hydrogen-bond acceptors (Lipinski definition) is 3. The molecule has 1 N–H and O–H groups in total. The van der Waals surface area contributed by atoms with E-state index < -0.39 is 0 Å². The molecule has 0 spiro atoms.